The summed E-state index contributed by atoms with van der Waals surface area (Å²) in [6.45, 7) is 0. The van der Waals surface area contributed by atoms with Crippen molar-refractivity contribution in [3.8, 4) is 34.0 Å². The molecule has 4 rings (SSSR count). The Morgan fingerprint density at radius 3 is 1.90 bits per heavy atom. The van der Waals surface area contributed by atoms with Crippen molar-refractivity contribution in [1.29, 1.82) is 0 Å². The van der Waals surface area contributed by atoms with E-state index in [9.17, 15) is 15.0 Å². The molecule has 152 valence electrons. The monoisotopic (exact) mass is 410 g/mol. The molecule has 0 aliphatic carbocycles. The van der Waals surface area contributed by atoms with Gasteiger partial charge in [-0.15, -0.1) is 0 Å². The fourth-order valence-electron chi connectivity index (χ4n) is 2.90. The number of aromatic nitrogens is 2. The summed E-state index contributed by atoms with van der Waals surface area (Å²) >= 11 is 0. The number of amides is 1. The van der Waals surface area contributed by atoms with Crippen molar-refractivity contribution in [2.24, 2.45) is 5.10 Å². The lowest BCUT2D eigenvalue weighted by Crippen LogP contribution is -2.21. The molecule has 0 atom stereocenters. The van der Waals surface area contributed by atoms with Crippen LogP contribution in [0.25, 0.3) is 22.5 Å². The van der Waals surface area contributed by atoms with E-state index >= 15 is 0 Å². The SMILES string of the molecule is O=C(N/N=C/c1ccc(O)c(O)c1)c1nc(-c2ccccc2)cc(-c2ccccc2)n1. The summed E-state index contributed by atoms with van der Waals surface area (Å²) in [6, 6.07) is 25.1. The van der Waals surface area contributed by atoms with E-state index in [2.05, 4.69) is 20.5 Å². The number of nitrogens with one attached hydrogen (secondary N) is 1. The second-order valence-electron chi connectivity index (χ2n) is 6.64. The van der Waals surface area contributed by atoms with Crippen LogP contribution in [0.1, 0.15) is 16.2 Å². The van der Waals surface area contributed by atoms with Crippen molar-refractivity contribution < 1.29 is 15.0 Å². The Morgan fingerprint density at radius 1 is 0.774 bits per heavy atom. The quantitative estimate of drug-likeness (QED) is 0.262. The minimum Gasteiger partial charge on any atom is -0.504 e. The van der Waals surface area contributed by atoms with E-state index < -0.39 is 5.91 Å². The molecule has 3 N–H and O–H groups in total. The summed E-state index contributed by atoms with van der Waals surface area (Å²) in [4.78, 5) is 21.5. The highest BCUT2D eigenvalue weighted by Gasteiger charge is 2.14. The Labute approximate surface area is 178 Å². The van der Waals surface area contributed by atoms with Gasteiger partial charge in [0.1, 0.15) is 0 Å². The van der Waals surface area contributed by atoms with Crippen molar-refractivity contribution in [2.75, 3.05) is 0 Å². The first-order chi connectivity index (χ1) is 15.1. The van der Waals surface area contributed by atoms with Crippen LogP contribution in [0.15, 0.2) is 90.0 Å². The van der Waals surface area contributed by atoms with E-state index in [4.69, 9.17) is 0 Å². The molecule has 0 radical (unpaired) electrons. The topological polar surface area (TPSA) is 108 Å². The second kappa shape index (κ2) is 8.87. The zero-order valence-corrected chi connectivity index (χ0v) is 16.3. The predicted molar refractivity (Wildman–Crippen MR) is 118 cm³/mol. The molecule has 3 aromatic carbocycles. The van der Waals surface area contributed by atoms with Crippen LogP contribution >= 0.6 is 0 Å². The van der Waals surface area contributed by atoms with Gasteiger partial charge in [0.15, 0.2) is 11.5 Å². The molecule has 0 aliphatic rings. The summed E-state index contributed by atoms with van der Waals surface area (Å²) in [5, 5.41) is 22.8. The minimum atomic E-state index is -0.575. The van der Waals surface area contributed by atoms with E-state index in [1.165, 1.54) is 18.3 Å². The highest BCUT2D eigenvalue weighted by molar-refractivity contribution is 5.92. The normalized spacial score (nSPS) is 10.8. The van der Waals surface area contributed by atoms with Crippen LogP contribution in [0, 0.1) is 0 Å². The van der Waals surface area contributed by atoms with Crippen LogP contribution in [0.4, 0.5) is 0 Å². The smallest absolute Gasteiger partial charge is 0.309 e. The van der Waals surface area contributed by atoms with Crippen LogP contribution in [0.5, 0.6) is 11.5 Å². The first-order valence-electron chi connectivity index (χ1n) is 9.45. The number of carbonyl (C=O) groups excluding carboxylic acids is 1. The Balaban J connectivity index is 1.63. The number of hydrogen-bond donors (Lipinski definition) is 3. The van der Waals surface area contributed by atoms with Gasteiger partial charge < -0.3 is 10.2 Å². The molecule has 7 nitrogen and oxygen atoms in total. The molecule has 0 saturated carbocycles. The van der Waals surface area contributed by atoms with E-state index in [1.807, 2.05) is 66.7 Å². The Hall–Kier alpha value is -4.52. The van der Waals surface area contributed by atoms with Crippen LogP contribution in [0.2, 0.25) is 0 Å². The number of benzene rings is 3. The number of phenols is 2. The van der Waals surface area contributed by atoms with Gasteiger partial charge in [-0.05, 0) is 29.8 Å². The summed E-state index contributed by atoms with van der Waals surface area (Å²) in [5.74, 6) is -1.11. The molecule has 7 heteroatoms. The molecule has 0 saturated heterocycles. The predicted octanol–water partition coefficient (Wildman–Crippen LogP) is 3.99. The average molecular weight is 410 g/mol. The highest BCUT2D eigenvalue weighted by Crippen LogP contribution is 2.25. The lowest BCUT2D eigenvalue weighted by Gasteiger charge is -2.08. The lowest BCUT2D eigenvalue weighted by atomic mass is 10.1. The fraction of sp³-hybridized carbons (Fsp3) is 0. The second-order valence-corrected chi connectivity index (χ2v) is 6.64. The molecular formula is C24H18N4O3. The lowest BCUT2D eigenvalue weighted by molar-refractivity contribution is 0.0945. The van der Waals surface area contributed by atoms with Gasteiger partial charge in [-0.2, -0.15) is 5.10 Å². The standard InChI is InChI=1S/C24H18N4O3/c29-21-12-11-16(13-22(21)30)15-25-28-24(31)23-26-19(17-7-3-1-4-8-17)14-20(27-23)18-9-5-2-6-10-18/h1-15,29-30H,(H,28,31)/b25-15+. The van der Waals surface area contributed by atoms with Gasteiger partial charge in [-0.25, -0.2) is 15.4 Å². The van der Waals surface area contributed by atoms with Crippen LogP contribution in [-0.4, -0.2) is 32.3 Å². The van der Waals surface area contributed by atoms with E-state index in [1.54, 1.807) is 6.07 Å². The van der Waals surface area contributed by atoms with Crippen molar-refractivity contribution >= 4 is 12.1 Å². The average Bonchev–Trinajstić information content (AvgIpc) is 2.82. The number of phenolic OH excluding ortho intramolecular Hbond substituents is 2. The van der Waals surface area contributed by atoms with Gasteiger partial charge in [0.2, 0.25) is 5.82 Å². The third kappa shape index (κ3) is 4.73. The third-order valence-electron chi connectivity index (χ3n) is 4.45. The molecule has 0 unspecified atom stereocenters. The maximum Gasteiger partial charge on any atom is 0.309 e. The van der Waals surface area contributed by atoms with E-state index in [-0.39, 0.29) is 17.3 Å². The summed E-state index contributed by atoms with van der Waals surface area (Å²) in [6.07, 6.45) is 1.34. The van der Waals surface area contributed by atoms with Crippen molar-refractivity contribution in [3.05, 3.63) is 96.3 Å². The molecule has 0 spiro atoms. The van der Waals surface area contributed by atoms with Gasteiger partial charge in [0, 0.05) is 11.1 Å². The van der Waals surface area contributed by atoms with Gasteiger partial charge in [0.05, 0.1) is 17.6 Å². The molecule has 0 bridgehead atoms. The zero-order chi connectivity index (χ0) is 21.6. The van der Waals surface area contributed by atoms with E-state index in [0.29, 0.717) is 17.0 Å². The number of hydrazone groups is 1. The highest BCUT2D eigenvalue weighted by atomic mass is 16.3. The molecule has 0 aliphatic heterocycles. The van der Waals surface area contributed by atoms with Gasteiger partial charge in [-0.1, -0.05) is 60.7 Å². The molecule has 4 aromatic rings. The Kier molecular flexibility index (Phi) is 5.66. The maximum absolute atomic E-state index is 12.7. The van der Waals surface area contributed by atoms with Gasteiger partial charge in [-0.3, -0.25) is 4.79 Å². The van der Waals surface area contributed by atoms with Crippen molar-refractivity contribution in [1.82, 2.24) is 15.4 Å². The number of aromatic hydroxyl groups is 2. The number of carbonyl (C=O) groups is 1. The zero-order valence-electron chi connectivity index (χ0n) is 16.3. The van der Waals surface area contributed by atoms with Crippen LogP contribution < -0.4 is 5.43 Å². The Bertz CT molecular complexity index is 1180. The maximum atomic E-state index is 12.7. The van der Waals surface area contributed by atoms with Crippen molar-refractivity contribution in [3.63, 3.8) is 0 Å². The summed E-state index contributed by atoms with van der Waals surface area (Å²) in [5.41, 5.74) is 5.86. The molecule has 1 heterocycles. The summed E-state index contributed by atoms with van der Waals surface area (Å²) < 4.78 is 0. The minimum absolute atomic E-state index is 0.0223. The van der Waals surface area contributed by atoms with Gasteiger partial charge in [0.25, 0.3) is 0 Å². The molecular weight excluding hydrogens is 392 g/mol. The van der Waals surface area contributed by atoms with Crippen LogP contribution in [0.3, 0.4) is 0 Å². The van der Waals surface area contributed by atoms with Crippen LogP contribution in [-0.2, 0) is 0 Å². The van der Waals surface area contributed by atoms with E-state index in [0.717, 1.165) is 11.1 Å². The molecule has 1 amide bonds. The first kappa shape index (κ1) is 19.8. The number of rotatable bonds is 5. The molecule has 1 aromatic heterocycles. The number of hydrogen-bond acceptors (Lipinski definition) is 6. The largest absolute Gasteiger partial charge is 0.504 e. The number of nitrogens with zero attached hydrogens (tertiary/aromatic N) is 3. The fourth-order valence-corrected chi connectivity index (χ4v) is 2.90. The van der Waals surface area contributed by atoms with Gasteiger partial charge >= 0.3 is 5.91 Å². The third-order valence-corrected chi connectivity index (χ3v) is 4.45. The summed E-state index contributed by atoms with van der Waals surface area (Å²) in [7, 11) is 0. The molecule has 0 fully saturated rings. The molecule has 31 heavy (non-hydrogen) atoms. The van der Waals surface area contributed by atoms with Crippen molar-refractivity contribution in [2.45, 2.75) is 0 Å². The Morgan fingerprint density at radius 2 is 1.35 bits per heavy atom. The first-order valence-corrected chi connectivity index (χ1v) is 9.45.